The van der Waals surface area contributed by atoms with Gasteiger partial charge in [0.1, 0.15) is 23.3 Å². The van der Waals surface area contributed by atoms with Crippen molar-refractivity contribution in [1.29, 1.82) is 0 Å². The number of benzene rings is 2. The molecule has 1 aliphatic carbocycles. The van der Waals surface area contributed by atoms with E-state index in [0.29, 0.717) is 23.5 Å². The highest BCUT2D eigenvalue weighted by Crippen LogP contribution is 2.49. The number of anilines is 1. The third-order valence-electron chi connectivity index (χ3n) is 8.62. The molecule has 216 valence electrons. The number of nitrogens with zero attached hydrogens (tertiary/aromatic N) is 3. The number of ether oxygens (including phenoxy) is 3. The number of pyridine rings is 1. The molecule has 3 aromatic heterocycles. The topological polar surface area (TPSA) is 103 Å². The summed E-state index contributed by atoms with van der Waals surface area (Å²) in [5.41, 5.74) is 3.95. The van der Waals surface area contributed by atoms with Crippen LogP contribution in [-0.4, -0.2) is 44.6 Å². The Bertz CT molecular complexity index is 1790. The third kappa shape index (κ3) is 5.03. The lowest BCUT2D eigenvalue weighted by Gasteiger charge is -2.24. The van der Waals surface area contributed by atoms with Crippen LogP contribution in [0.5, 0.6) is 5.75 Å². The smallest absolute Gasteiger partial charge is 0.260 e. The second kappa shape index (κ2) is 10.6. The number of fused-ring (bicyclic) bond motifs is 3. The summed E-state index contributed by atoms with van der Waals surface area (Å²) < 4.78 is 20.2. The van der Waals surface area contributed by atoms with E-state index in [1.807, 2.05) is 44.3 Å². The number of rotatable bonds is 8. The number of H-pyrrole nitrogens is 1. The van der Waals surface area contributed by atoms with Crippen LogP contribution in [0.2, 0.25) is 0 Å². The second-order valence-corrected chi connectivity index (χ2v) is 11.8. The van der Waals surface area contributed by atoms with Crippen molar-refractivity contribution in [3.05, 3.63) is 94.7 Å². The van der Waals surface area contributed by atoms with Gasteiger partial charge in [-0.15, -0.1) is 0 Å². The fraction of sp³-hybridized carbons (Fsp3) is 0.364. The number of hydrogen-bond donors (Lipinski definition) is 2. The Kier molecular flexibility index (Phi) is 6.71. The summed E-state index contributed by atoms with van der Waals surface area (Å²) in [7, 11) is 1.67. The zero-order valence-corrected chi connectivity index (χ0v) is 24.0. The molecule has 1 aliphatic heterocycles. The van der Waals surface area contributed by atoms with Crippen LogP contribution in [0, 0.1) is 5.92 Å². The summed E-state index contributed by atoms with van der Waals surface area (Å²) in [6.45, 7) is 4.64. The Balaban J connectivity index is 1.07. The molecule has 9 nitrogen and oxygen atoms in total. The summed E-state index contributed by atoms with van der Waals surface area (Å²) >= 11 is 0. The van der Waals surface area contributed by atoms with E-state index in [1.54, 1.807) is 7.11 Å². The van der Waals surface area contributed by atoms with Crippen molar-refractivity contribution in [2.75, 3.05) is 12.4 Å². The molecular weight excluding hydrogens is 530 g/mol. The Morgan fingerprint density at radius 1 is 1.05 bits per heavy atom. The van der Waals surface area contributed by atoms with Crippen molar-refractivity contribution in [3.8, 4) is 5.75 Å². The van der Waals surface area contributed by atoms with Gasteiger partial charge < -0.3 is 29.1 Å². The highest BCUT2D eigenvalue weighted by atomic mass is 16.8. The molecule has 4 heterocycles. The van der Waals surface area contributed by atoms with Crippen LogP contribution >= 0.6 is 0 Å². The van der Waals surface area contributed by atoms with Gasteiger partial charge in [-0.3, -0.25) is 4.79 Å². The molecule has 9 heteroatoms. The first kappa shape index (κ1) is 26.7. The van der Waals surface area contributed by atoms with E-state index in [2.05, 4.69) is 56.3 Å². The number of aromatic amines is 1. The molecule has 0 unspecified atom stereocenters. The van der Waals surface area contributed by atoms with Crippen LogP contribution < -0.4 is 15.6 Å². The van der Waals surface area contributed by atoms with Crippen LogP contribution in [0.3, 0.4) is 0 Å². The lowest BCUT2D eigenvalue weighted by atomic mass is 9.95. The third-order valence-corrected chi connectivity index (χ3v) is 8.62. The quantitative estimate of drug-likeness (QED) is 0.252. The molecule has 0 amide bonds. The number of methoxy groups -OCH3 is 1. The molecule has 2 N–H and O–H groups in total. The van der Waals surface area contributed by atoms with Crippen molar-refractivity contribution >= 4 is 27.8 Å². The second-order valence-electron chi connectivity index (χ2n) is 11.8. The highest BCUT2D eigenvalue weighted by Gasteiger charge is 2.54. The molecule has 2 fully saturated rings. The van der Waals surface area contributed by atoms with Gasteiger partial charge in [0.2, 0.25) is 0 Å². The van der Waals surface area contributed by atoms with Crippen molar-refractivity contribution in [3.63, 3.8) is 0 Å². The summed E-state index contributed by atoms with van der Waals surface area (Å²) in [5, 5.41) is 5.15. The maximum absolute atomic E-state index is 12.3. The van der Waals surface area contributed by atoms with Gasteiger partial charge in [-0.25, -0.2) is 9.97 Å². The highest BCUT2D eigenvalue weighted by molar-refractivity contribution is 5.81. The van der Waals surface area contributed by atoms with Crippen molar-refractivity contribution in [2.24, 2.45) is 5.92 Å². The Morgan fingerprint density at radius 2 is 1.83 bits per heavy atom. The minimum atomic E-state index is -0.651. The van der Waals surface area contributed by atoms with E-state index in [-0.39, 0.29) is 23.8 Å². The summed E-state index contributed by atoms with van der Waals surface area (Å²) in [4.78, 5) is 24.4. The number of nitrogens with one attached hydrogen (secondary N) is 2. The molecule has 1 saturated carbocycles. The normalized spacial score (nSPS) is 22.9. The Labute approximate surface area is 243 Å². The standard InChI is InChI=1S/C33H35N5O4/c1-33(2)41-29-23(17-27(30(29)42-33)38-15-14-25-31(38)35-19-36-32(25)39)9-5-20-4-8-22-10-13-28(37-26(22)16-20)34-18-21-6-11-24(40-3)12-7-21/h4,6-8,10-16,19,23,27,29-30H,5,9,17-18H2,1-3H3,(H,34,37)(H,35,36,39)/t23-,27+,29+,30-/m0/s1. The average Bonchev–Trinajstić information content (AvgIpc) is 3.66. The lowest BCUT2D eigenvalue weighted by molar-refractivity contribution is -0.160. The van der Waals surface area contributed by atoms with E-state index in [0.717, 1.165) is 47.3 Å². The molecule has 0 radical (unpaired) electrons. The van der Waals surface area contributed by atoms with Crippen molar-refractivity contribution in [1.82, 2.24) is 19.5 Å². The molecule has 2 aliphatic rings. The maximum Gasteiger partial charge on any atom is 0.260 e. The number of aromatic nitrogens is 4. The van der Waals surface area contributed by atoms with E-state index in [9.17, 15) is 4.79 Å². The lowest BCUT2D eigenvalue weighted by Crippen LogP contribution is -2.27. The van der Waals surface area contributed by atoms with Crippen LogP contribution in [0.4, 0.5) is 5.82 Å². The molecule has 0 bridgehead atoms. The predicted octanol–water partition coefficient (Wildman–Crippen LogP) is 5.61. The van der Waals surface area contributed by atoms with Crippen molar-refractivity contribution in [2.45, 2.75) is 63.7 Å². The van der Waals surface area contributed by atoms with Crippen LogP contribution in [0.15, 0.2) is 78.0 Å². The maximum atomic E-state index is 12.3. The molecule has 2 aromatic carbocycles. The van der Waals surface area contributed by atoms with Gasteiger partial charge in [0, 0.05) is 18.1 Å². The zero-order chi connectivity index (χ0) is 28.8. The monoisotopic (exact) mass is 565 g/mol. The van der Waals surface area contributed by atoms with E-state index >= 15 is 0 Å². The Hall–Kier alpha value is -4.21. The van der Waals surface area contributed by atoms with Crippen LogP contribution in [-0.2, 0) is 22.4 Å². The zero-order valence-electron chi connectivity index (χ0n) is 24.0. The summed E-state index contributed by atoms with van der Waals surface area (Å²) in [5.74, 6) is 1.35. The van der Waals surface area contributed by atoms with E-state index < -0.39 is 5.79 Å². The van der Waals surface area contributed by atoms with E-state index in [4.69, 9.17) is 19.2 Å². The fourth-order valence-corrected chi connectivity index (χ4v) is 6.57. The van der Waals surface area contributed by atoms with Gasteiger partial charge in [0.15, 0.2) is 5.79 Å². The fourth-order valence-electron chi connectivity index (χ4n) is 6.57. The molecule has 7 rings (SSSR count). The van der Waals surface area contributed by atoms with Crippen LogP contribution in [0.25, 0.3) is 21.9 Å². The van der Waals surface area contributed by atoms with Gasteiger partial charge in [-0.1, -0.05) is 24.3 Å². The first-order chi connectivity index (χ1) is 20.4. The molecule has 5 aromatic rings. The molecule has 42 heavy (non-hydrogen) atoms. The SMILES string of the molecule is COc1ccc(CNc2ccc3ccc(CC[C@H]4C[C@@H](n5ccc6c(=O)[nH]cnc65)[C@@H]5OC(C)(C)O[C@H]45)cc3n2)cc1. The molecule has 4 atom stereocenters. The minimum Gasteiger partial charge on any atom is -0.497 e. The van der Waals surface area contributed by atoms with Crippen molar-refractivity contribution < 1.29 is 14.2 Å². The number of hydrogen-bond acceptors (Lipinski definition) is 7. The first-order valence-corrected chi connectivity index (χ1v) is 14.5. The molecular formula is C33H35N5O4. The summed E-state index contributed by atoms with van der Waals surface area (Å²) in [6, 6.07) is 20.6. The first-order valence-electron chi connectivity index (χ1n) is 14.5. The predicted molar refractivity (Wildman–Crippen MR) is 162 cm³/mol. The van der Waals surface area contributed by atoms with Gasteiger partial charge in [0.05, 0.1) is 36.5 Å². The molecule has 1 saturated heterocycles. The summed E-state index contributed by atoms with van der Waals surface area (Å²) in [6.07, 6.45) is 6.09. The van der Waals surface area contributed by atoms with E-state index in [1.165, 1.54) is 11.9 Å². The molecule has 0 spiro atoms. The minimum absolute atomic E-state index is 0.0169. The average molecular weight is 566 g/mol. The van der Waals surface area contributed by atoms with Gasteiger partial charge in [0.25, 0.3) is 5.56 Å². The van der Waals surface area contributed by atoms with Gasteiger partial charge in [-0.2, -0.15) is 0 Å². The number of aryl methyl sites for hydroxylation is 1. The van der Waals surface area contributed by atoms with Crippen LogP contribution in [0.1, 0.15) is 43.9 Å². The van der Waals surface area contributed by atoms with Gasteiger partial charge >= 0.3 is 0 Å². The Morgan fingerprint density at radius 3 is 2.67 bits per heavy atom. The largest absolute Gasteiger partial charge is 0.497 e. The van der Waals surface area contributed by atoms with Gasteiger partial charge in [-0.05, 0) is 86.6 Å².